The maximum Gasteiger partial charge on any atom is 0.171 e. The van der Waals surface area contributed by atoms with Crippen LogP contribution in [0.3, 0.4) is 0 Å². The molecule has 3 N–H and O–H groups in total. The summed E-state index contributed by atoms with van der Waals surface area (Å²) in [5.41, 5.74) is 5.90. The predicted molar refractivity (Wildman–Crippen MR) is 65.1 cm³/mol. The van der Waals surface area contributed by atoms with Gasteiger partial charge in [-0.05, 0) is 26.7 Å². The summed E-state index contributed by atoms with van der Waals surface area (Å²) in [5.74, 6) is 3.03. The van der Waals surface area contributed by atoms with Crippen LogP contribution in [0.1, 0.15) is 33.5 Å². The largest absolute Gasteiger partial charge is 0.382 e. The summed E-state index contributed by atoms with van der Waals surface area (Å²) in [6.45, 7) is 11.6. The van der Waals surface area contributed by atoms with Gasteiger partial charge in [-0.15, -0.1) is 0 Å². The molecule has 0 bridgehead atoms. The number of hydrogen-bond acceptors (Lipinski definition) is 3. The summed E-state index contributed by atoms with van der Waals surface area (Å²) in [6, 6.07) is 0.414. The molecular formula is C11H22N4. The lowest BCUT2D eigenvalue weighted by atomic mass is 10.2. The zero-order valence-corrected chi connectivity index (χ0v) is 10.3. The standard InChI is InChI=1S/C11H22N4/c1-7(2)6-15(8(3)4)11-10(12)13-9(5)14-11/h7-8H,6,12H2,1-5H3,(H,13,14). The fraction of sp³-hybridized carbons (Fsp3) is 0.727. The number of anilines is 2. The Labute approximate surface area is 91.9 Å². The Morgan fingerprint density at radius 1 is 1.33 bits per heavy atom. The van der Waals surface area contributed by atoms with Gasteiger partial charge in [-0.1, -0.05) is 13.8 Å². The van der Waals surface area contributed by atoms with Gasteiger partial charge < -0.3 is 15.6 Å². The Bertz CT molecular complexity index is 314. The first kappa shape index (κ1) is 11.9. The molecule has 0 atom stereocenters. The number of hydrogen-bond donors (Lipinski definition) is 2. The molecule has 4 nitrogen and oxygen atoms in total. The number of aromatic nitrogens is 2. The number of nitrogens with two attached hydrogens (primary N) is 1. The molecule has 0 saturated carbocycles. The number of imidazole rings is 1. The first-order valence-corrected chi connectivity index (χ1v) is 5.50. The zero-order valence-electron chi connectivity index (χ0n) is 10.3. The SMILES string of the molecule is Cc1nc(N(CC(C)C)C(C)C)c(N)[nH]1. The minimum atomic E-state index is 0.414. The Morgan fingerprint density at radius 2 is 1.93 bits per heavy atom. The average molecular weight is 210 g/mol. The molecule has 0 aromatic carbocycles. The molecule has 0 radical (unpaired) electrons. The van der Waals surface area contributed by atoms with Crippen molar-refractivity contribution in [1.29, 1.82) is 0 Å². The van der Waals surface area contributed by atoms with Crippen LogP contribution in [0.2, 0.25) is 0 Å². The number of H-pyrrole nitrogens is 1. The molecule has 0 aliphatic heterocycles. The third-order valence-electron chi connectivity index (χ3n) is 2.29. The monoisotopic (exact) mass is 210 g/mol. The summed E-state index contributed by atoms with van der Waals surface area (Å²) in [7, 11) is 0. The molecule has 0 amide bonds. The molecule has 15 heavy (non-hydrogen) atoms. The van der Waals surface area contributed by atoms with Gasteiger partial charge in [0.1, 0.15) is 11.6 Å². The summed E-state index contributed by atoms with van der Waals surface area (Å²) in [4.78, 5) is 9.71. The molecular weight excluding hydrogens is 188 g/mol. The number of nitrogens with zero attached hydrogens (tertiary/aromatic N) is 2. The fourth-order valence-electron chi connectivity index (χ4n) is 1.65. The van der Waals surface area contributed by atoms with Crippen molar-refractivity contribution in [3.05, 3.63) is 5.82 Å². The number of aromatic amines is 1. The van der Waals surface area contributed by atoms with E-state index in [1.54, 1.807) is 0 Å². The van der Waals surface area contributed by atoms with Crippen LogP contribution in [0.5, 0.6) is 0 Å². The van der Waals surface area contributed by atoms with Crippen molar-refractivity contribution in [1.82, 2.24) is 9.97 Å². The van der Waals surface area contributed by atoms with E-state index in [-0.39, 0.29) is 0 Å². The molecule has 1 rings (SSSR count). The Hall–Kier alpha value is -1.19. The summed E-state index contributed by atoms with van der Waals surface area (Å²) >= 11 is 0. The lowest BCUT2D eigenvalue weighted by molar-refractivity contribution is 0.567. The van der Waals surface area contributed by atoms with Gasteiger partial charge in [0, 0.05) is 12.6 Å². The van der Waals surface area contributed by atoms with Gasteiger partial charge in [-0.3, -0.25) is 0 Å². The van der Waals surface area contributed by atoms with Crippen LogP contribution >= 0.6 is 0 Å². The number of nitrogens with one attached hydrogen (secondary N) is 1. The second-order valence-corrected chi connectivity index (χ2v) is 4.70. The van der Waals surface area contributed by atoms with Gasteiger partial charge in [0.15, 0.2) is 5.82 Å². The quantitative estimate of drug-likeness (QED) is 0.800. The fourth-order valence-corrected chi connectivity index (χ4v) is 1.65. The van der Waals surface area contributed by atoms with Crippen molar-refractivity contribution in [3.63, 3.8) is 0 Å². The highest BCUT2D eigenvalue weighted by Crippen LogP contribution is 2.22. The molecule has 0 aliphatic rings. The van der Waals surface area contributed by atoms with Crippen LogP contribution in [-0.2, 0) is 0 Å². The summed E-state index contributed by atoms with van der Waals surface area (Å²) in [5, 5.41) is 0. The van der Waals surface area contributed by atoms with E-state index in [4.69, 9.17) is 5.73 Å². The molecule has 86 valence electrons. The third-order valence-corrected chi connectivity index (χ3v) is 2.29. The van der Waals surface area contributed by atoms with E-state index in [1.807, 2.05) is 6.92 Å². The third kappa shape index (κ3) is 2.88. The maximum atomic E-state index is 5.90. The van der Waals surface area contributed by atoms with Gasteiger partial charge in [0.25, 0.3) is 0 Å². The van der Waals surface area contributed by atoms with E-state index in [0.717, 1.165) is 18.2 Å². The maximum absolute atomic E-state index is 5.90. The van der Waals surface area contributed by atoms with Crippen LogP contribution in [-0.4, -0.2) is 22.6 Å². The van der Waals surface area contributed by atoms with E-state index in [0.29, 0.717) is 17.8 Å². The van der Waals surface area contributed by atoms with Gasteiger partial charge >= 0.3 is 0 Å². The van der Waals surface area contributed by atoms with Crippen molar-refractivity contribution in [2.75, 3.05) is 17.2 Å². The van der Waals surface area contributed by atoms with Crippen LogP contribution < -0.4 is 10.6 Å². The van der Waals surface area contributed by atoms with Crippen molar-refractivity contribution < 1.29 is 0 Å². The highest BCUT2D eigenvalue weighted by Gasteiger charge is 2.17. The van der Waals surface area contributed by atoms with Crippen LogP contribution in [0.4, 0.5) is 11.6 Å². The normalized spacial score (nSPS) is 11.4. The number of rotatable bonds is 4. The van der Waals surface area contributed by atoms with Crippen molar-refractivity contribution >= 4 is 11.6 Å². The van der Waals surface area contributed by atoms with Gasteiger partial charge in [-0.25, -0.2) is 4.98 Å². The molecule has 0 aliphatic carbocycles. The molecule has 1 heterocycles. The molecule has 0 spiro atoms. The van der Waals surface area contributed by atoms with Gasteiger partial charge in [0.05, 0.1) is 0 Å². The minimum absolute atomic E-state index is 0.414. The lowest BCUT2D eigenvalue weighted by Gasteiger charge is -2.28. The van der Waals surface area contributed by atoms with Crippen molar-refractivity contribution in [2.24, 2.45) is 5.92 Å². The van der Waals surface area contributed by atoms with Gasteiger partial charge in [-0.2, -0.15) is 0 Å². The van der Waals surface area contributed by atoms with E-state index in [9.17, 15) is 0 Å². The van der Waals surface area contributed by atoms with Gasteiger partial charge in [0.2, 0.25) is 0 Å². The smallest absolute Gasteiger partial charge is 0.171 e. The van der Waals surface area contributed by atoms with E-state index in [2.05, 4.69) is 42.6 Å². The van der Waals surface area contributed by atoms with Crippen molar-refractivity contribution in [2.45, 2.75) is 40.7 Å². The average Bonchev–Trinajstić information content (AvgIpc) is 2.40. The van der Waals surface area contributed by atoms with E-state index >= 15 is 0 Å². The van der Waals surface area contributed by atoms with E-state index in [1.165, 1.54) is 0 Å². The Balaban J connectivity index is 2.93. The van der Waals surface area contributed by atoms with Crippen molar-refractivity contribution in [3.8, 4) is 0 Å². The summed E-state index contributed by atoms with van der Waals surface area (Å²) < 4.78 is 0. The minimum Gasteiger partial charge on any atom is -0.382 e. The molecule has 1 aromatic rings. The predicted octanol–water partition coefficient (Wildman–Crippen LogP) is 2.17. The molecule has 1 aromatic heterocycles. The molecule has 4 heteroatoms. The lowest BCUT2D eigenvalue weighted by Crippen LogP contribution is -2.34. The van der Waals surface area contributed by atoms with Crippen LogP contribution in [0.15, 0.2) is 0 Å². The molecule has 0 saturated heterocycles. The zero-order chi connectivity index (χ0) is 11.6. The topological polar surface area (TPSA) is 57.9 Å². The second kappa shape index (κ2) is 4.55. The highest BCUT2D eigenvalue weighted by atomic mass is 15.2. The molecule has 0 fully saturated rings. The Kier molecular flexibility index (Phi) is 3.61. The Morgan fingerprint density at radius 3 is 2.27 bits per heavy atom. The van der Waals surface area contributed by atoms with Crippen LogP contribution in [0, 0.1) is 12.8 Å². The first-order valence-electron chi connectivity index (χ1n) is 5.50. The first-order chi connectivity index (χ1) is 6.91. The van der Waals surface area contributed by atoms with E-state index < -0.39 is 0 Å². The second-order valence-electron chi connectivity index (χ2n) is 4.70. The molecule has 0 unspecified atom stereocenters. The number of aryl methyl sites for hydroxylation is 1. The highest BCUT2D eigenvalue weighted by molar-refractivity contribution is 5.59. The number of nitrogen functional groups attached to an aromatic ring is 1. The van der Waals surface area contributed by atoms with Crippen LogP contribution in [0.25, 0.3) is 0 Å². The summed E-state index contributed by atoms with van der Waals surface area (Å²) in [6.07, 6.45) is 0.